The monoisotopic (exact) mass is 956 g/mol. The van der Waals surface area contributed by atoms with Gasteiger partial charge in [-0.05, 0) is 83.5 Å². The third kappa shape index (κ3) is 53.4. The van der Waals surface area contributed by atoms with Gasteiger partial charge in [-0.1, -0.05) is 262 Å². The molecule has 0 aliphatic heterocycles. The van der Waals surface area contributed by atoms with E-state index in [-0.39, 0.29) is 18.5 Å². The molecule has 0 radical (unpaired) electrons. The van der Waals surface area contributed by atoms with Crippen molar-refractivity contribution < 1.29 is 24.5 Å². The lowest BCUT2D eigenvalue weighted by Crippen LogP contribution is -2.45. The second kappa shape index (κ2) is 57.7. The highest BCUT2D eigenvalue weighted by molar-refractivity contribution is 5.76. The van der Waals surface area contributed by atoms with Crippen LogP contribution in [-0.2, 0) is 14.3 Å². The maximum absolute atomic E-state index is 12.5. The fraction of sp³-hybridized carbons (Fsp3) is 0.871. The molecule has 1 amide bonds. The highest BCUT2D eigenvalue weighted by Gasteiger charge is 2.18. The van der Waals surface area contributed by atoms with E-state index < -0.39 is 12.1 Å². The van der Waals surface area contributed by atoms with Crippen LogP contribution in [0.4, 0.5) is 0 Å². The molecule has 0 rings (SSSR count). The highest BCUT2D eigenvalue weighted by atomic mass is 16.5. The van der Waals surface area contributed by atoms with Crippen LogP contribution in [0, 0.1) is 0 Å². The Morgan fingerprint density at radius 2 is 0.691 bits per heavy atom. The summed E-state index contributed by atoms with van der Waals surface area (Å²) >= 11 is 0. The number of allylic oxidation sites excluding steroid dienone is 5. The molecular weight excluding hydrogens is 839 g/mol. The lowest BCUT2D eigenvalue weighted by molar-refractivity contribution is -0.143. The molecule has 400 valence electrons. The van der Waals surface area contributed by atoms with E-state index in [2.05, 4.69) is 43.5 Å². The van der Waals surface area contributed by atoms with Gasteiger partial charge >= 0.3 is 5.97 Å². The third-order valence-electron chi connectivity index (χ3n) is 13.9. The molecule has 0 aromatic rings. The summed E-state index contributed by atoms with van der Waals surface area (Å²) in [6.07, 6.45) is 71.8. The molecular formula is C62H117NO5. The van der Waals surface area contributed by atoms with Crippen LogP contribution in [0.25, 0.3) is 0 Å². The first-order valence-corrected chi connectivity index (χ1v) is 30.3. The van der Waals surface area contributed by atoms with Gasteiger partial charge in [-0.25, -0.2) is 0 Å². The van der Waals surface area contributed by atoms with Gasteiger partial charge in [-0.3, -0.25) is 9.59 Å². The molecule has 3 N–H and O–H groups in total. The van der Waals surface area contributed by atoms with E-state index in [1.807, 2.05) is 6.08 Å². The lowest BCUT2D eigenvalue weighted by Gasteiger charge is -2.20. The average molecular weight is 957 g/mol. The minimum absolute atomic E-state index is 0.00154. The number of aliphatic hydroxyl groups is 2. The minimum Gasteiger partial charge on any atom is -0.466 e. The molecule has 0 bridgehead atoms. The first-order valence-electron chi connectivity index (χ1n) is 30.3. The van der Waals surface area contributed by atoms with E-state index in [1.54, 1.807) is 6.08 Å². The Morgan fingerprint density at radius 3 is 1.06 bits per heavy atom. The van der Waals surface area contributed by atoms with Gasteiger partial charge in [0, 0.05) is 12.8 Å². The van der Waals surface area contributed by atoms with Crippen molar-refractivity contribution in [2.24, 2.45) is 0 Å². The number of unbranched alkanes of at least 4 members (excludes halogenated alkanes) is 41. The number of carbonyl (C=O) groups excluding carboxylic acids is 2. The summed E-state index contributed by atoms with van der Waals surface area (Å²) in [5.74, 6) is -0.0720. The standard InChI is InChI=1S/C62H117NO5/c1-3-5-7-9-11-13-15-17-27-31-34-38-42-46-50-54-60(65)59(58-64)63-61(66)55-51-47-43-39-35-32-28-25-23-21-19-18-20-22-24-26-29-33-37-41-45-49-53-57-68-62(67)56-52-48-44-40-36-30-16-14-12-10-8-6-4-2/h14,16,21,23,50,54,59-60,64-65H,3-13,15,17-20,22,24-49,51-53,55-58H2,1-2H3,(H,63,66)/b16-14-,23-21-,54-50+. The molecule has 0 heterocycles. The molecule has 6 heteroatoms. The zero-order valence-corrected chi connectivity index (χ0v) is 45.6. The Kier molecular flexibility index (Phi) is 56.0. The van der Waals surface area contributed by atoms with Crippen molar-refractivity contribution in [1.82, 2.24) is 5.32 Å². The zero-order chi connectivity index (χ0) is 49.3. The molecule has 0 spiro atoms. The quantitative estimate of drug-likeness (QED) is 0.0321. The van der Waals surface area contributed by atoms with Gasteiger partial charge < -0.3 is 20.3 Å². The number of amides is 1. The highest BCUT2D eigenvalue weighted by Crippen LogP contribution is 2.16. The predicted octanol–water partition coefficient (Wildman–Crippen LogP) is 18.8. The van der Waals surface area contributed by atoms with E-state index in [0.717, 1.165) is 51.4 Å². The van der Waals surface area contributed by atoms with E-state index in [0.29, 0.717) is 19.4 Å². The number of carbonyl (C=O) groups is 2. The Bertz CT molecular complexity index is 1100. The van der Waals surface area contributed by atoms with Gasteiger partial charge in [0.25, 0.3) is 0 Å². The Morgan fingerprint density at radius 1 is 0.397 bits per heavy atom. The van der Waals surface area contributed by atoms with Crippen LogP contribution in [0.5, 0.6) is 0 Å². The van der Waals surface area contributed by atoms with Crippen molar-refractivity contribution in [1.29, 1.82) is 0 Å². The lowest BCUT2D eigenvalue weighted by atomic mass is 10.0. The molecule has 0 aliphatic rings. The second-order valence-corrected chi connectivity index (χ2v) is 20.7. The van der Waals surface area contributed by atoms with Crippen molar-refractivity contribution >= 4 is 11.9 Å². The number of nitrogens with one attached hydrogen (secondary N) is 1. The van der Waals surface area contributed by atoms with Gasteiger partial charge in [0.2, 0.25) is 5.91 Å². The molecule has 68 heavy (non-hydrogen) atoms. The summed E-state index contributed by atoms with van der Waals surface area (Å²) in [4.78, 5) is 24.5. The largest absolute Gasteiger partial charge is 0.466 e. The summed E-state index contributed by atoms with van der Waals surface area (Å²) in [5.41, 5.74) is 0. The van der Waals surface area contributed by atoms with Gasteiger partial charge in [-0.15, -0.1) is 0 Å². The zero-order valence-electron chi connectivity index (χ0n) is 45.6. The van der Waals surface area contributed by atoms with Crippen LogP contribution in [-0.4, -0.2) is 47.4 Å². The minimum atomic E-state index is -0.848. The normalized spacial score (nSPS) is 12.8. The van der Waals surface area contributed by atoms with Crippen molar-refractivity contribution in [3.63, 3.8) is 0 Å². The van der Waals surface area contributed by atoms with Crippen LogP contribution in [0.3, 0.4) is 0 Å². The Labute approximate surface area is 424 Å². The van der Waals surface area contributed by atoms with E-state index >= 15 is 0 Å². The molecule has 0 aliphatic carbocycles. The van der Waals surface area contributed by atoms with Crippen LogP contribution < -0.4 is 5.32 Å². The van der Waals surface area contributed by atoms with E-state index in [4.69, 9.17) is 4.74 Å². The topological polar surface area (TPSA) is 95.9 Å². The Balaban J connectivity index is 3.44. The number of ether oxygens (including phenoxy) is 1. The third-order valence-corrected chi connectivity index (χ3v) is 13.9. The summed E-state index contributed by atoms with van der Waals surface area (Å²) in [7, 11) is 0. The van der Waals surface area contributed by atoms with Gasteiger partial charge in [-0.2, -0.15) is 0 Å². The second-order valence-electron chi connectivity index (χ2n) is 20.7. The van der Waals surface area contributed by atoms with Crippen molar-refractivity contribution in [2.45, 2.75) is 334 Å². The summed E-state index contributed by atoms with van der Waals surface area (Å²) in [6.45, 7) is 4.89. The van der Waals surface area contributed by atoms with Gasteiger partial charge in [0.1, 0.15) is 0 Å². The van der Waals surface area contributed by atoms with Gasteiger partial charge in [0.05, 0.1) is 25.4 Å². The number of esters is 1. The molecule has 2 atom stereocenters. The molecule has 0 saturated carbocycles. The fourth-order valence-corrected chi connectivity index (χ4v) is 9.21. The number of hydrogen-bond donors (Lipinski definition) is 3. The Hall–Kier alpha value is -1.92. The maximum Gasteiger partial charge on any atom is 0.305 e. The van der Waals surface area contributed by atoms with Crippen LogP contribution in [0.1, 0.15) is 322 Å². The summed E-state index contributed by atoms with van der Waals surface area (Å²) < 4.78 is 5.47. The van der Waals surface area contributed by atoms with Crippen molar-refractivity contribution in [2.75, 3.05) is 13.2 Å². The van der Waals surface area contributed by atoms with Crippen LogP contribution in [0.15, 0.2) is 36.5 Å². The molecule has 0 aromatic heterocycles. The van der Waals surface area contributed by atoms with Crippen molar-refractivity contribution in [3.05, 3.63) is 36.5 Å². The SMILES string of the molecule is CCCCCC/C=C\CCCCCCCC(=O)OCCCCCCCCCCCCCC/C=C\CCCCCCCCCC(=O)NC(CO)C(O)/C=C/CCCCCCCCCCCCCCC. The molecule has 0 aromatic carbocycles. The van der Waals surface area contributed by atoms with Crippen LogP contribution >= 0.6 is 0 Å². The van der Waals surface area contributed by atoms with E-state index in [1.165, 1.54) is 244 Å². The molecule has 0 saturated heterocycles. The maximum atomic E-state index is 12.5. The van der Waals surface area contributed by atoms with Crippen molar-refractivity contribution in [3.8, 4) is 0 Å². The van der Waals surface area contributed by atoms with E-state index in [9.17, 15) is 19.8 Å². The van der Waals surface area contributed by atoms with Gasteiger partial charge in [0.15, 0.2) is 0 Å². The molecule has 2 unspecified atom stereocenters. The fourth-order valence-electron chi connectivity index (χ4n) is 9.21. The number of rotatable bonds is 56. The molecule has 0 fully saturated rings. The first kappa shape index (κ1) is 66.1. The smallest absolute Gasteiger partial charge is 0.305 e. The molecule has 6 nitrogen and oxygen atoms in total. The first-order chi connectivity index (χ1) is 33.5. The summed E-state index contributed by atoms with van der Waals surface area (Å²) in [5, 5.41) is 23.1. The average Bonchev–Trinajstić information content (AvgIpc) is 3.34. The van der Waals surface area contributed by atoms with Crippen LogP contribution in [0.2, 0.25) is 0 Å². The summed E-state index contributed by atoms with van der Waals surface area (Å²) in [6, 6.07) is -0.632. The number of aliphatic hydroxyl groups excluding tert-OH is 2. The number of hydrogen-bond acceptors (Lipinski definition) is 5. The predicted molar refractivity (Wildman–Crippen MR) is 296 cm³/mol.